The van der Waals surface area contributed by atoms with Crippen molar-refractivity contribution in [2.24, 2.45) is 19.5 Å². The predicted molar refractivity (Wildman–Crippen MR) is 122 cm³/mol. The molecule has 1 N–H and O–H groups in total. The van der Waals surface area contributed by atoms with Crippen molar-refractivity contribution in [2.75, 3.05) is 28.3 Å². The average Bonchev–Trinajstić information content (AvgIpc) is 2.86. The maximum atomic E-state index is 13.5. The van der Waals surface area contributed by atoms with E-state index in [2.05, 4.69) is 0 Å². The zero-order valence-electron chi connectivity index (χ0n) is 20.2. The van der Waals surface area contributed by atoms with E-state index in [1.165, 1.54) is 42.4 Å². The van der Waals surface area contributed by atoms with Gasteiger partial charge in [0.15, 0.2) is 11.5 Å². The number of methoxy groups -OCH3 is 2. The van der Waals surface area contributed by atoms with Crippen LogP contribution >= 0.6 is 0 Å². The molecule has 1 aromatic carbocycles. The molecular formula is C23H26N4O8. The molecule has 1 atom stereocenters. The average molecular weight is 486 g/mol. The second-order valence-electron chi connectivity index (χ2n) is 8.88. The molecule has 1 spiro atoms. The quantitative estimate of drug-likeness (QED) is 0.594. The van der Waals surface area contributed by atoms with Crippen LogP contribution in [0.5, 0.6) is 17.4 Å². The number of hydrogen-bond donors (Lipinski definition) is 1. The van der Waals surface area contributed by atoms with Gasteiger partial charge in [-0.2, -0.15) is 0 Å². The van der Waals surface area contributed by atoms with Crippen LogP contribution in [0.2, 0.25) is 0 Å². The van der Waals surface area contributed by atoms with Crippen molar-refractivity contribution in [1.29, 1.82) is 0 Å². The lowest BCUT2D eigenvalue weighted by atomic mass is 9.63. The topological polar surface area (TPSA) is 140 Å². The van der Waals surface area contributed by atoms with E-state index in [1.807, 2.05) is 0 Å². The minimum absolute atomic E-state index is 0.0638. The Kier molecular flexibility index (Phi) is 5.49. The van der Waals surface area contributed by atoms with Crippen LogP contribution in [0.1, 0.15) is 29.0 Å². The number of hydrogen-bond acceptors (Lipinski definition) is 8. The number of aromatic hydroxyl groups is 1. The van der Waals surface area contributed by atoms with E-state index < -0.39 is 46.3 Å². The SMILES string of the molecule is COc1cc2c(cc1OC)[C@@H](c1c(O)n(C)c(=O)n(C)c1=O)CC1(C2)C(=O)N(C)C(=O)N(C)C1=O. The van der Waals surface area contributed by atoms with Gasteiger partial charge in [-0.15, -0.1) is 0 Å². The summed E-state index contributed by atoms with van der Waals surface area (Å²) >= 11 is 0. The highest BCUT2D eigenvalue weighted by Gasteiger charge is 2.59. The summed E-state index contributed by atoms with van der Waals surface area (Å²) in [5.41, 5.74) is -2.33. The molecule has 1 fully saturated rings. The number of ether oxygens (including phenoxy) is 2. The van der Waals surface area contributed by atoms with Crippen LogP contribution in [-0.4, -0.2) is 70.2 Å². The fraction of sp³-hybridized carbons (Fsp3) is 0.435. The molecule has 4 rings (SSSR count). The third-order valence-electron chi connectivity index (χ3n) is 7.08. The molecule has 35 heavy (non-hydrogen) atoms. The molecule has 2 heterocycles. The van der Waals surface area contributed by atoms with E-state index in [4.69, 9.17) is 9.47 Å². The Balaban J connectivity index is 2.07. The molecule has 0 radical (unpaired) electrons. The molecule has 2 aliphatic rings. The van der Waals surface area contributed by atoms with E-state index in [-0.39, 0.29) is 18.4 Å². The van der Waals surface area contributed by atoms with Gasteiger partial charge in [0.25, 0.3) is 5.56 Å². The first-order valence-corrected chi connectivity index (χ1v) is 10.7. The van der Waals surface area contributed by atoms with E-state index >= 15 is 0 Å². The fourth-order valence-corrected chi connectivity index (χ4v) is 5.15. The Morgan fingerprint density at radius 2 is 1.43 bits per heavy atom. The second kappa shape index (κ2) is 8.00. The van der Waals surface area contributed by atoms with Gasteiger partial charge in [-0.05, 0) is 36.1 Å². The highest BCUT2D eigenvalue weighted by Crippen LogP contribution is 2.51. The maximum absolute atomic E-state index is 13.5. The maximum Gasteiger partial charge on any atom is 0.333 e. The molecule has 4 amide bonds. The normalized spacial score (nSPS) is 19.3. The third kappa shape index (κ3) is 3.16. The number of benzene rings is 1. The summed E-state index contributed by atoms with van der Waals surface area (Å²) in [5, 5.41) is 10.9. The number of carbonyl (C=O) groups is 3. The van der Waals surface area contributed by atoms with Crippen LogP contribution in [0.3, 0.4) is 0 Å². The van der Waals surface area contributed by atoms with Gasteiger partial charge in [0, 0.05) is 34.1 Å². The summed E-state index contributed by atoms with van der Waals surface area (Å²) in [6.07, 6.45) is -0.276. The van der Waals surface area contributed by atoms with Crippen LogP contribution < -0.4 is 20.7 Å². The molecule has 1 aliphatic carbocycles. The molecule has 2 aromatic rings. The first-order valence-electron chi connectivity index (χ1n) is 10.7. The Bertz CT molecular complexity index is 1380. The number of nitrogens with zero attached hydrogens (tertiary/aromatic N) is 4. The van der Waals surface area contributed by atoms with Crippen molar-refractivity contribution in [3.8, 4) is 17.4 Å². The van der Waals surface area contributed by atoms with Crippen LogP contribution in [0.25, 0.3) is 0 Å². The smallest absolute Gasteiger partial charge is 0.333 e. The molecule has 1 aromatic heterocycles. The van der Waals surface area contributed by atoms with Gasteiger partial charge < -0.3 is 14.6 Å². The van der Waals surface area contributed by atoms with Crippen molar-refractivity contribution in [1.82, 2.24) is 18.9 Å². The Hall–Kier alpha value is -4.09. The Labute approximate surface area is 199 Å². The molecule has 0 bridgehead atoms. The van der Waals surface area contributed by atoms with E-state index in [1.54, 1.807) is 12.1 Å². The van der Waals surface area contributed by atoms with E-state index in [0.717, 1.165) is 18.9 Å². The highest BCUT2D eigenvalue weighted by atomic mass is 16.5. The van der Waals surface area contributed by atoms with Crippen molar-refractivity contribution >= 4 is 17.8 Å². The largest absolute Gasteiger partial charge is 0.494 e. The summed E-state index contributed by atoms with van der Waals surface area (Å²) in [6.45, 7) is 0. The standard InChI is InChI=1S/C23H26N4O8/c1-24-17(28)16(18(29)25(2)21(24)32)13-10-23(19(30)26(3)22(33)27(4)20(23)31)9-11-7-14(34-5)15(35-6)8-12(11)13/h7-8,13,28H,9-10H2,1-6H3/t13-/m0/s1. The molecule has 1 saturated heterocycles. The molecular weight excluding hydrogens is 460 g/mol. The van der Waals surface area contributed by atoms with Gasteiger partial charge in [0.05, 0.1) is 19.8 Å². The summed E-state index contributed by atoms with van der Waals surface area (Å²) in [6, 6.07) is 2.48. The number of imide groups is 2. The number of carbonyl (C=O) groups excluding carboxylic acids is 3. The number of aromatic nitrogens is 2. The van der Waals surface area contributed by atoms with Crippen molar-refractivity contribution in [3.05, 3.63) is 49.7 Å². The Morgan fingerprint density at radius 3 is 1.97 bits per heavy atom. The lowest BCUT2D eigenvalue weighted by Gasteiger charge is -2.46. The van der Waals surface area contributed by atoms with Crippen molar-refractivity contribution in [3.63, 3.8) is 0 Å². The Morgan fingerprint density at radius 1 is 0.886 bits per heavy atom. The lowest BCUT2D eigenvalue weighted by Crippen LogP contribution is -2.64. The monoisotopic (exact) mass is 486 g/mol. The number of barbiturate groups is 1. The third-order valence-corrected chi connectivity index (χ3v) is 7.08. The van der Waals surface area contributed by atoms with Gasteiger partial charge in [0.1, 0.15) is 5.41 Å². The van der Waals surface area contributed by atoms with Crippen LogP contribution in [0.4, 0.5) is 4.79 Å². The van der Waals surface area contributed by atoms with Crippen molar-refractivity contribution < 1.29 is 29.0 Å². The zero-order chi connectivity index (χ0) is 26.0. The predicted octanol–water partition coefficient (Wildman–Crippen LogP) is -0.0783. The first kappa shape index (κ1) is 24.0. The number of amides is 4. The minimum atomic E-state index is -1.72. The van der Waals surface area contributed by atoms with Gasteiger partial charge in [0.2, 0.25) is 17.7 Å². The molecule has 12 nitrogen and oxygen atoms in total. The molecule has 0 unspecified atom stereocenters. The van der Waals surface area contributed by atoms with Gasteiger partial charge in [-0.1, -0.05) is 0 Å². The second-order valence-corrected chi connectivity index (χ2v) is 8.88. The fourth-order valence-electron chi connectivity index (χ4n) is 5.15. The minimum Gasteiger partial charge on any atom is -0.494 e. The van der Waals surface area contributed by atoms with Crippen LogP contribution in [-0.2, 0) is 30.1 Å². The van der Waals surface area contributed by atoms with Gasteiger partial charge in [-0.3, -0.25) is 33.3 Å². The van der Waals surface area contributed by atoms with Crippen LogP contribution in [0, 0.1) is 5.41 Å². The van der Waals surface area contributed by atoms with E-state index in [0.29, 0.717) is 22.6 Å². The summed E-state index contributed by atoms with van der Waals surface area (Å²) in [5.74, 6) is -2.29. The molecule has 1 aliphatic heterocycles. The molecule has 12 heteroatoms. The number of fused-ring (bicyclic) bond motifs is 1. The van der Waals surface area contributed by atoms with Gasteiger partial charge in [-0.25, -0.2) is 9.59 Å². The zero-order valence-corrected chi connectivity index (χ0v) is 20.2. The number of rotatable bonds is 3. The summed E-state index contributed by atoms with van der Waals surface area (Å²) in [4.78, 5) is 66.8. The summed E-state index contributed by atoms with van der Waals surface area (Å²) in [7, 11) is 8.04. The lowest BCUT2D eigenvalue weighted by molar-refractivity contribution is -0.158. The molecule has 0 saturated carbocycles. The highest BCUT2D eigenvalue weighted by molar-refractivity contribution is 6.19. The number of urea groups is 1. The first-order chi connectivity index (χ1) is 16.4. The van der Waals surface area contributed by atoms with Crippen molar-refractivity contribution in [2.45, 2.75) is 18.8 Å². The van der Waals surface area contributed by atoms with Crippen LogP contribution in [0.15, 0.2) is 21.7 Å². The van der Waals surface area contributed by atoms with Gasteiger partial charge >= 0.3 is 11.7 Å². The van der Waals surface area contributed by atoms with E-state index in [9.17, 15) is 29.1 Å². The summed E-state index contributed by atoms with van der Waals surface area (Å²) < 4.78 is 12.6. The molecule has 186 valence electrons.